The van der Waals surface area contributed by atoms with E-state index >= 15 is 0 Å². The van der Waals surface area contributed by atoms with Crippen LogP contribution in [0.15, 0.2) is 40.9 Å². The lowest BCUT2D eigenvalue weighted by Gasteiger charge is -2.31. The molecular weight excluding hydrogens is 508 g/mol. The van der Waals surface area contributed by atoms with Crippen molar-refractivity contribution < 1.29 is 23.8 Å². The molecule has 0 spiro atoms. The van der Waals surface area contributed by atoms with Crippen molar-refractivity contribution in [2.75, 3.05) is 43.6 Å². The second-order valence-electron chi connectivity index (χ2n) is 9.81. The Morgan fingerprint density at radius 3 is 2.66 bits per heavy atom. The second-order valence-corrected chi connectivity index (χ2v) is 10.9. The lowest BCUT2D eigenvalue weighted by atomic mass is 10.1. The summed E-state index contributed by atoms with van der Waals surface area (Å²) in [5.74, 6) is 1.13. The number of anilines is 2. The number of oxazole rings is 1. The minimum absolute atomic E-state index is 0.118. The fourth-order valence-corrected chi connectivity index (χ4v) is 5.12. The number of nitrogens with one attached hydrogen (secondary N) is 1. The molecule has 0 radical (unpaired) electrons. The highest BCUT2D eigenvalue weighted by molar-refractivity contribution is 7.17. The Morgan fingerprint density at radius 1 is 1.21 bits per heavy atom. The van der Waals surface area contributed by atoms with E-state index in [0.29, 0.717) is 60.0 Å². The normalized spacial score (nSPS) is 14.2. The number of nitrogens with zero attached hydrogens (tertiary/aromatic N) is 5. The quantitative estimate of drug-likeness (QED) is 0.380. The zero-order valence-electron chi connectivity index (χ0n) is 21.7. The molecule has 0 saturated carbocycles. The van der Waals surface area contributed by atoms with Crippen molar-refractivity contribution in [2.24, 2.45) is 0 Å². The first-order valence-corrected chi connectivity index (χ1v) is 13.1. The maximum absolute atomic E-state index is 13.2. The highest BCUT2D eigenvalue weighted by Crippen LogP contribution is 2.31. The number of aryl methyl sites for hydroxylation is 1. The predicted molar refractivity (Wildman–Crippen MR) is 145 cm³/mol. The third kappa shape index (κ3) is 5.42. The monoisotopic (exact) mass is 538 g/mol. The molecule has 200 valence electrons. The van der Waals surface area contributed by atoms with Crippen LogP contribution in [0.1, 0.15) is 29.4 Å². The number of hydrogen-bond acceptors (Lipinski definition) is 8. The molecule has 1 aromatic carbocycles. The Hall–Kier alpha value is -3.74. The number of fused-ring (bicyclic) bond motifs is 1. The molecule has 0 bridgehead atoms. The molecule has 38 heavy (non-hydrogen) atoms. The number of morpholine rings is 1. The fraction of sp³-hybridized carbons (Fsp3) is 0.385. The standard InChI is InChI=1S/C26H30N6O5S/c1-16-27-14-20(37-16)21-7-8-22(38-21)23(33)29-24-28-18-13-17(5-6-19(18)32(24)15-26(2,3)35)30(4)25(34)31-9-11-36-12-10-31/h5-8,13-14,35H,9-12,15H2,1-4H3,(H,28,29,33). The Morgan fingerprint density at radius 2 is 1.97 bits per heavy atom. The molecule has 0 atom stereocenters. The smallest absolute Gasteiger partial charge is 0.324 e. The predicted octanol–water partition coefficient (Wildman–Crippen LogP) is 3.97. The number of imidazole rings is 1. The minimum Gasteiger partial charge on any atom is -0.440 e. The first kappa shape index (κ1) is 25.9. The molecule has 12 heteroatoms. The number of aromatic nitrogens is 3. The summed E-state index contributed by atoms with van der Waals surface area (Å²) in [5, 5.41) is 13.5. The van der Waals surface area contributed by atoms with E-state index in [0.717, 1.165) is 10.4 Å². The zero-order chi connectivity index (χ0) is 27.0. The van der Waals surface area contributed by atoms with Gasteiger partial charge in [0.25, 0.3) is 5.91 Å². The SMILES string of the molecule is Cc1ncc(-c2ccc(C(=O)Nc3nc4cc(N(C)C(=O)N5CCOCC5)ccc4n3CC(C)(C)O)s2)o1. The van der Waals surface area contributed by atoms with Gasteiger partial charge in [-0.05, 0) is 44.2 Å². The van der Waals surface area contributed by atoms with Gasteiger partial charge in [0.2, 0.25) is 5.95 Å². The van der Waals surface area contributed by atoms with Crippen LogP contribution in [0.3, 0.4) is 0 Å². The van der Waals surface area contributed by atoms with E-state index in [1.807, 2.05) is 18.2 Å². The van der Waals surface area contributed by atoms with Crippen molar-refractivity contribution in [3.63, 3.8) is 0 Å². The van der Waals surface area contributed by atoms with Gasteiger partial charge in [-0.1, -0.05) is 0 Å². The van der Waals surface area contributed by atoms with E-state index in [-0.39, 0.29) is 18.5 Å². The largest absolute Gasteiger partial charge is 0.440 e. The van der Waals surface area contributed by atoms with Crippen LogP contribution in [0.4, 0.5) is 16.4 Å². The Labute approximate surface area is 223 Å². The molecule has 1 aliphatic rings. The van der Waals surface area contributed by atoms with Gasteiger partial charge in [0.1, 0.15) is 0 Å². The first-order chi connectivity index (χ1) is 18.1. The molecule has 3 aromatic heterocycles. The average Bonchev–Trinajstić information content (AvgIpc) is 3.62. The molecule has 0 aliphatic carbocycles. The van der Waals surface area contributed by atoms with Crippen LogP contribution in [0, 0.1) is 6.92 Å². The number of rotatable bonds is 6. The average molecular weight is 539 g/mol. The molecule has 1 aliphatic heterocycles. The maximum atomic E-state index is 13.2. The third-order valence-electron chi connectivity index (χ3n) is 6.15. The van der Waals surface area contributed by atoms with Gasteiger partial charge < -0.3 is 23.7 Å². The van der Waals surface area contributed by atoms with Crippen LogP contribution in [-0.2, 0) is 11.3 Å². The number of amides is 3. The van der Waals surface area contributed by atoms with Crippen molar-refractivity contribution in [1.29, 1.82) is 0 Å². The summed E-state index contributed by atoms with van der Waals surface area (Å²) in [6.45, 7) is 7.48. The van der Waals surface area contributed by atoms with Gasteiger partial charge >= 0.3 is 6.03 Å². The minimum atomic E-state index is -1.06. The van der Waals surface area contributed by atoms with Crippen LogP contribution < -0.4 is 10.2 Å². The lowest BCUT2D eigenvalue weighted by Crippen LogP contribution is -2.47. The summed E-state index contributed by atoms with van der Waals surface area (Å²) >= 11 is 1.29. The molecule has 1 fully saturated rings. The summed E-state index contributed by atoms with van der Waals surface area (Å²) in [6, 6.07) is 8.90. The van der Waals surface area contributed by atoms with Crippen LogP contribution in [0.5, 0.6) is 0 Å². The summed E-state index contributed by atoms with van der Waals surface area (Å²) in [4.78, 5) is 39.5. The van der Waals surface area contributed by atoms with Crippen LogP contribution in [0.2, 0.25) is 0 Å². The number of ether oxygens (including phenoxy) is 1. The topological polar surface area (TPSA) is 126 Å². The third-order valence-corrected chi connectivity index (χ3v) is 7.25. The van der Waals surface area contributed by atoms with E-state index in [1.54, 1.807) is 60.5 Å². The Kier molecular flexibility index (Phi) is 6.95. The van der Waals surface area contributed by atoms with Crippen molar-refractivity contribution in [2.45, 2.75) is 32.9 Å². The van der Waals surface area contributed by atoms with E-state index in [9.17, 15) is 14.7 Å². The van der Waals surface area contributed by atoms with Crippen molar-refractivity contribution >= 4 is 45.9 Å². The van der Waals surface area contributed by atoms with Gasteiger partial charge in [-0.2, -0.15) is 0 Å². The number of aliphatic hydroxyl groups is 1. The fourth-order valence-electron chi connectivity index (χ4n) is 4.28. The van der Waals surface area contributed by atoms with E-state index in [1.165, 1.54) is 11.3 Å². The van der Waals surface area contributed by atoms with Crippen LogP contribution in [0.25, 0.3) is 21.7 Å². The maximum Gasteiger partial charge on any atom is 0.324 e. The zero-order valence-corrected chi connectivity index (χ0v) is 22.5. The molecule has 3 amide bonds. The lowest BCUT2D eigenvalue weighted by molar-refractivity contribution is 0.0551. The number of hydrogen-bond donors (Lipinski definition) is 2. The summed E-state index contributed by atoms with van der Waals surface area (Å²) < 4.78 is 12.7. The van der Waals surface area contributed by atoms with E-state index < -0.39 is 5.60 Å². The molecule has 11 nitrogen and oxygen atoms in total. The number of thiophene rings is 1. The molecule has 5 rings (SSSR count). The molecule has 1 saturated heterocycles. The van der Waals surface area contributed by atoms with Gasteiger partial charge in [0.05, 0.1) is 52.3 Å². The highest BCUT2D eigenvalue weighted by atomic mass is 32.1. The van der Waals surface area contributed by atoms with Crippen LogP contribution in [-0.4, -0.2) is 75.4 Å². The molecular formula is C26H30N6O5S. The number of benzene rings is 1. The van der Waals surface area contributed by atoms with Gasteiger partial charge in [-0.25, -0.2) is 14.8 Å². The highest BCUT2D eigenvalue weighted by Gasteiger charge is 2.24. The van der Waals surface area contributed by atoms with Gasteiger partial charge in [-0.15, -0.1) is 11.3 Å². The Bertz CT molecular complexity index is 1480. The van der Waals surface area contributed by atoms with E-state index in [2.05, 4.69) is 15.3 Å². The number of urea groups is 1. The molecule has 2 N–H and O–H groups in total. The van der Waals surface area contributed by atoms with Gasteiger partial charge in [0.15, 0.2) is 11.7 Å². The second kappa shape index (κ2) is 10.2. The Balaban J connectivity index is 1.43. The van der Waals surface area contributed by atoms with Crippen molar-refractivity contribution in [3.8, 4) is 10.6 Å². The van der Waals surface area contributed by atoms with E-state index in [4.69, 9.17) is 9.15 Å². The summed E-state index contributed by atoms with van der Waals surface area (Å²) in [6.07, 6.45) is 1.63. The van der Waals surface area contributed by atoms with Gasteiger partial charge in [0, 0.05) is 32.7 Å². The summed E-state index contributed by atoms with van der Waals surface area (Å²) in [5.41, 5.74) is 0.926. The van der Waals surface area contributed by atoms with Crippen LogP contribution >= 0.6 is 11.3 Å². The first-order valence-electron chi connectivity index (χ1n) is 12.3. The molecule has 0 unspecified atom stereocenters. The number of carbonyl (C=O) groups is 2. The molecule has 4 aromatic rings. The summed E-state index contributed by atoms with van der Waals surface area (Å²) in [7, 11) is 1.72. The number of carbonyl (C=O) groups excluding carboxylic acids is 2. The van der Waals surface area contributed by atoms with Gasteiger partial charge in [-0.3, -0.25) is 15.0 Å². The van der Waals surface area contributed by atoms with Crippen molar-refractivity contribution in [1.82, 2.24) is 19.4 Å². The molecule has 4 heterocycles. The van der Waals surface area contributed by atoms with Crippen molar-refractivity contribution in [3.05, 3.63) is 47.3 Å².